The van der Waals surface area contributed by atoms with Gasteiger partial charge in [0.15, 0.2) is 0 Å². The summed E-state index contributed by atoms with van der Waals surface area (Å²) in [5.41, 5.74) is 1.79. The van der Waals surface area contributed by atoms with Crippen LogP contribution >= 0.6 is 11.6 Å². The molecule has 0 fully saturated rings. The molecule has 3 N–H and O–H groups in total. The lowest BCUT2D eigenvalue weighted by Gasteiger charge is -2.29. The van der Waals surface area contributed by atoms with E-state index in [9.17, 15) is 44.3 Å². The second-order valence-corrected chi connectivity index (χ2v) is 10.2. The molecular formula is C21H20ClF6N5O4S. The summed E-state index contributed by atoms with van der Waals surface area (Å²) >= 11 is 5.77. The van der Waals surface area contributed by atoms with Crippen molar-refractivity contribution in [3.8, 4) is 0 Å². The van der Waals surface area contributed by atoms with E-state index in [0.29, 0.717) is 22.7 Å². The zero-order valence-corrected chi connectivity index (χ0v) is 20.8. The molecule has 38 heavy (non-hydrogen) atoms. The first kappa shape index (κ1) is 29.4. The van der Waals surface area contributed by atoms with Gasteiger partial charge in [-0.25, -0.2) is 13.4 Å². The number of carbonyl (C=O) groups excluding carboxylic acids is 2. The number of hydrazine groups is 1. The molecule has 1 aromatic carbocycles. The number of halogens is 7. The first-order chi connectivity index (χ1) is 17.6. The zero-order chi connectivity index (χ0) is 28.3. The van der Waals surface area contributed by atoms with Crippen LogP contribution < -0.4 is 15.6 Å². The molecule has 2 aromatic rings. The summed E-state index contributed by atoms with van der Waals surface area (Å²) in [5.74, 6) is -2.78. The Morgan fingerprint density at radius 2 is 1.79 bits per heavy atom. The average Bonchev–Trinajstić information content (AvgIpc) is 2.83. The normalized spacial score (nSPS) is 14.1. The van der Waals surface area contributed by atoms with Crippen LogP contribution in [0.2, 0.25) is 5.02 Å². The first-order valence-corrected chi connectivity index (χ1v) is 12.7. The molecule has 0 unspecified atom stereocenters. The van der Waals surface area contributed by atoms with Gasteiger partial charge in [0.2, 0.25) is 5.91 Å². The molecule has 0 radical (unpaired) electrons. The molecule has 0 atom stereocenters. The highest BCUT2D eigenvalue weighted by Crippen LogP contribution is 2.32. The Hall–Kier alpha value is -3.11. The summed E-state index contributed by atoms with van der Waals surface area (Å²) in [4.78, 5) is 29.2. The number of hydrogen-bond donors (Lipinski definition) is 3. The second kappa shape index (κ2) is 11.3. The Labute approximate surface area is 217 Å². The number of benzene rings is 1. The number of nitrogens with one attached hydrogen (secondary N) is 3. The average molecular weight is 588 g/mol. The molecule has 1 aliphatic heterocycles. The van der Waals surface area contributed by atoms with Gasteiger partial charge in [-0.1, -0.05) is 17.7 Å². The molecule has 9 nitrogen and oxygen atoms in total. The van der Waals surface area contributed by atoms with E-state index in [1.54, 1.807) is 0 Å². The smallest absolute Gasteiger partial charge is 0.369 e. The summed E-state index contributed by atoms with van der Waals surface area (Å²) in [7, 11) is -4.29. The van der Waals surface area contributed by atoms with Gasteiger partial charge < -0.3 is 10.2 Å². The molecule has 1 aromatic heterocycles. The van der Waals surface area contributed by atoms with Gasteiger partial charge in [-0.2, -0.15) is 26.3 Å². The van der Waals surface area contributed by atoms with E-state index in [1.165, 1.54) is 12.1 Å². The van der Waals surface area contributed by atoms with Crippen molar-refractivity contribution < 1.29 is 44.3 Å². The van der Waals surface area contributed by atoms with Crippen molar-refractivity contribution in [1.29, 1.82) is 0 Å². The minimum atomic E-state index is -5.05. The molecular weight excluding hydrogens is 568 g/mol. The zero-order valence-electron chi connectivity index (χ0n) is 19.2. The monoisotopic (exact) mass is 587 g/mol. The number of carbonyl (C=O) groups is 2. The van der Waals surface area contributed by atoms with Crippen LogP contribution in [0.15, 0.2) is 35.4 Å². The number of pyridine rings is 1. The lowest BCUT2D eigenvalue weighted by Crippen LogP contribution is -2.44. The van der Waals surface area contributed by atoms with E-state index in [1.807, 2.05) is 10.3 Å². The first-order valence-electron chi connectivity index (χ1n) is 10.8. The summed E-state index contributed by atoms with van der Waals surface area (Å²) < 4.78 is 101. The maximum absolute atomic E-state index is 12.7. The summed E-state index contributed by atoms with van der Waals surface area (Å²) in [6.07, 6.45) is -9.00. The molecule has 2 heterocycles. The molecule has 2 amide bonds. The number of hydrogen-bond acceptors (Lipinski definition) is 6. The van der Waals surface area contributed by atoms with Gasteiger partial charge in [-0.15, -0.1) is 4.83 Å². The van der Waals surface area contributed by atoms with Gasteiger partial charge >= 0.3 is 18.3 Å². The van der Waals surface area contributed by atoms with Crippen LogP contribution in [-0.4, -0.2) is 49.4 Å². The van der Waals surface area contributed by atoms with Gasteiger partial charge in [-0.3, -0.25) is 15.0 Å². The molecule has 0 saturated heterocycles. The molecule has 208 valence electrons. The van der Waals surface area contributed by atoms with Crippen LogP contribution in [-0.2, 0) is 38.8 Å². The SMILES string of the molecule is O=C(CCCNc1ncc(C(F)(F)F)cc1Cl)NNS(=O)(=O)c1ccc2c(c1)CN(C(=O)C(F)(F)F)CC2. The lowest BCUT2D eigenvalue weighted by molar-refractivity contribution is -0.186. The van der Waals surface area contributed by atoms with Crippen molar-refractivity contribution in [3.05, 3.63) is 52.2 Å². The lowest BCUT2D eigenvalue weighted by atomic mass is 10.00. The Kier molecular flexibility index (Phi) is 8.78. The molecule has 0 saturated carbocycles. The van der Waals surface area contributed by atoms with Crippen LogP contribution in [0.4, 0.5) is 32.2 Å². The molecule has 3 rings (SSSR count). The van der Waals surface area contributed by atoms with Crippen LogP contribution in [0.1, 0.15) is 29.5 Å². The third kappa shape index (κ3) is 7.48. The van der Waals surface area contributed by atoms with Crippen molar-refractivity contribution >= 4 is 39.3 Å². The third-order valence-corrected chi connectivity index (χ3v) is 6.93. The molecule has 0 spiro atoms. The highest BCUT2D eigenvalue weighted by Gasteiger charge is 2.43. The molecule has 1 aliphatic rings. The van der Waals surface area contributed by atoms with Crippen molar-refractivity contribution in [1.82, 2.24) is 20.1 Å². The van der Waals surface area contributed by atoms with Gasteiger partial charge in [0, 0.05) is 32.3 Å². The second-order valence-electron chi connectivity index (χ2n) is 8.14. The summed E-state index contributed by atoms with van der Waals surface area (Å²) in [6, 6.07) is 4.47. The van der Waals surface area contributed by atoms with Crippen LogP contribution in [0.3, 0.4) is 0 Å². The number of anilines is 1. The van der Waals surface area contributed by atoms with Gasteiger partial charge in [0.1, 0.15) is 5.82 Å². The quantitative estimate of drug-likeness (QED) is 0.247. The maximum Gasteiger partial charge on any atom is 0.471 e. The number of rotatable bonds is 8. The maximum atomic E-state index is 12.7. The van der Waals surface area contributed by atoms with Crippen LogP contribution in [0, 0.1) is 0 Å². The highest BCUT2D eigenvalue weighted by molar-refractivity contribution is 7.89. The van der Waals surface area contributed by atoms with E-state index < -0.39 is 46.3 Å². The van der Waals surface area contributed by atoms with E-state index in [0.717, 1.165) is 6.07 Å². The summed E-state index contributed by atoms with van der Waals surface area (Å²) in [5, 5.41) is 2.40. The fourth-order valence-electron chi connectivity index (χ4n) is 3.48. The van der Waals surface area contributed by atoms with Crippen molar-refractivity contribution in [2.75, 3.05) is 18.4 Å². The van der Waals surface area contributed by atoms with Gasteiger partial charge in [-0.05, 0) is 42.2 Å². The molecule has 0 aliphatic carbocycles. The standard InChI is InChI=1S/C21H20ClF6N5O4S/c22-16-9-14(20(23,24)25)10-30-18(16)29-6-1-2-17(34)31-32-38(36,37)15-4-3-12-5-7-33(11-13(12)8-15)19(35)21(26,27)28/h3-4,8-10,32H,1-2,5-7,11H2,(H,29,30)(H,31,34). The number of fused-ring (bicyclic) bond motifs is 1. The number of alkyl halides is 6. The fourth-order valence-corrected chi connectivity index (χ4v) is 4.62. The predicted octanol–water partition coefficient (Wildman–Crippen LogP) is 3.40. The Morgan fingerprint density at radius 1 is 1.08 bits per heavy atom. The summed E-state index contributed by atoms with van der Waals surface area (Å²) in [6.45, 7) is -0.508. The Morgan fingerprint density at radius 3 is 2.42 bits per heavy atom. The van der Waals surface area contributed by atoms with E-state index in [4.69, 9.17) is 11.6 Å². The predicted molar refractivity (Wildman–Crippen MR) is 122 cm³/mol. The fraction of sp³-hybridized carbons (Fsp3) is 0.381. The van der Waals surface area contributed by atoms with Crippen molar-refractivity contribution in [2.24, 2.45) is 0 Å². The highest BCUT2D eigenvalue weighted by atomic mass is 35.5. The van der Waals surface area contributed by atoms with Crippen LogP contribution in [0.5, 0.6) is 0 Å². The van der Waals surface area contributed by atoms with Crippen molar-refractivity contribution in [2.45, 2.75) is 43.1 Å². The van der Waals surface area contributed by atoms with Gasteiger partial charge in [0.25, 0.3) is 10.0 Å². The minimum absolute atomic E-state index is 0.0244. The largest absolute Gasteiger partial charge is 0.471 e. The topological polar surface area (TPSA) is 120 Å². The van der Waals surface area contributed by atoms with Gasteiger partial charge in [0.05, 0.1) is 15.5 Å². The third-order valence-electron chi connectivity index (χ3n) is 5.40. The number of aromatic nitrogens is 1. The number of sulfonamides is 1. The molecule has 0 bridgehead atoms. The van der Waals surface area contributed by atoms with E-state index >= 15 is 0 Å². The molecule has 17 heteroatoms. The number of amides is 2. The minimum Gasteiger partial charge on any atom is -0.369 e. The number of nitrogens with zero attached hydrogens (tertiary/aromatic N) is 2. The Bertz CT molecular complexity index is 1320. The van der Waals surface area contributed by atoms with E-state index in [-0.39, 0.29) is 53.7 Å². The van der Waals surface area contributed by atoms with Crippen LogP contribution in [0.25, 0.3) is 0 Å². The Balaban J connectivity index is 1.50. The van der Waals surface area contributed by atoms with Crippen molar-refractivity contribution in [3.63, 3.8) is 0 Å². The van der Waals surface area contributed by atoms with E-state index in [2.05, 4.69) is 10.3 Å².